The summed E-state index contributed by atoms with van der Waals surface area (Å²) < 4.78 is 9.54. The number of fused-ring (bicyclic) bond motifs is 1. The summed E-state index contributed by atoms with van der Waals surface area (Å²) in [4.78, 5) is 12.8. The summed E-state index contributed by atoms with van der Waals surface area (Å²) in [5.41, 5.74) is 0. The Morgan fingerprint density at radius 1 is 1.47 bits per heavy atom. The number of carbonyl (C=O) groups excluding carboxylic acids is 1. The van der Waals surface area contributed by atoms with Crippen LogP contribution in [0.3, 0.4) is 0 Å². The molecular weight excluding hydrogens is 262 g/mol. The van der Waals surface area contributed by atoms with E-state index in [1.54, 1.807) is 19.4 Å². The normalized spacial score (nSPS) is 33.9. The molecule has 1 aliphatic carbocycles. The topological polar surface area (TPSA) is 63.2 Å². The van der Waals surface area contributed by atoms with Crippen LogP contribution in [0.4, 0.5) is 0 Å². The van der Waals surface area contributed by atoms with Crippen LogP contribution in [-0.2, 0) is 4.74 Å². The summed E-state index contributed by atoms with van der Waals surface area (Å²) in [6.07, 6.45) is 3.81. The maximum Gasteiger partial charge on any atom is 0.263 e. The number of hydrogen-bond donors (Lipinski definition) is 2. The first-order chi connectivity index (χ1) is 9.28. The quantitative estimate of drug-likeness (QED) is 0.863. The van der Waals surface area contributed by atoms with Crippen molar-refractivity contribution in [1.82, 2.24) is 15.0 Å². The van der Waals surface area contributed by atoms with Crippen molar-refractivity contribution in [1.29, 1.82) is 0 Å². The minimum atomic E-state index is -0.0287. The molecule has 2 heterocycles. The molecule has 19 heavy (non-hydrogen) atoms. The molecule has 2 N–H and O–H groups in total. The molecule has 1 amide bonds. The number of hydrogen-bond acceptors (Lipinski definition) is 5. The Labute approximate surface area is 116 Å². The predicted molar refractivity (Wildman–Crippen MR) is 73.2 cm³/mol. The summed E-state index contributed by atoms with van der Waals surface area (Å²) in [5, 5.41) is 6.55. The van der Waals surface area contributed by atoms with Crippen molar-refractivity contribution in [2.24, 2.45) is 11.8 Å². The lowest BCUT2D eigenvalue weighted by Gasteiger charge is -2.37. The van der Waals surface area contributed by atoms with Gasteiger partial charge in [0.05, 0.1) is 12.1 Å². The van der Waals surface area contributed by atoms with Gasteiger partial charge in [0.25, 0.3) is 5.91 Å². The van der Waals surface area contributed by atoms with Crippen LogP contribution in [0.15, 0.2) is 12.3 Å². The first-order valence-corrected chi connectivity index (χ1v) is 7.50. The van der Waals surface area contributed by atoms with Gasteiger partial charge in [-0.25, -0.2) is 4.37 Å². The van der Waals surface area contributed by atoms with E-state index in [1.807, 2.05) is 0 Å². The summed E-state index contributed by atoms with van der Waals surface area (Å²) in [6, 6.07) is 1.87. The van der Waals surface area contributed by atoms with Gasteiger partial charge in [0.1, 0.15) is 4.88 Å². The molecule has 5 nitrogen and oxygen atoms in total. The highest BCUT2D eigenvalue weighted by molar-refractivity contribution is 7.08. The zero-order valence-electron chi connectivity index (χ0n) is 11.0. The van der Waals surface area contributed by atoms with Crippen LogP contribution >= 0.6 is 11.5 Å². The second-order valence-corrected chi connectivity index (χ2v) is 6.21. The van der Waals surface area contributed by atoms with Crippen LogP contribution in [0.5, 0.6) is 0 Å². The number of rotatable bonds is 3. The zero-order chi connectivity index (χ0) is 13.2. The van der Waals surface area contributed by atoms with Crippen molar-refractivity contribution < 1.29 is 9.53 Å². The summed E-state index contributed by atoms with van der Waals surface area (Å²) in [5.74, 6) is 1.33. The van der Waals surface area contributed by atoms with Gasteiger partial charge < -0.3 is 15.4 Å². The molecule has 0 radical (unpaired) electrons. The van der Waals surface area contributed by atoms with Gasteiger partial charge >= 0.3 is 0 Å². The average molecular weight is 281 g/mol. The fraction of sp³-hybridized carbons (Fsp3) is 0.692. The van der Waals surface area contributed by atoms with Crippen LogP contribution in [0.2, 0.25) is 0 Å². The molecule has 3 rings (SSSR count). The smallest absolute Gasteiger partial charge is 0.263 e. The molecule has 1 saturated carbocycles. The van der Waals surface area contributed by atoms with E-state index in [1.165, 1.54) is 11.5 Å². The van der Waals surface area contributed by atoms with Gasteiger partial charge in [0.2, 0.25) is 0 Å². The Morgan fingerprint density at radius 2 is 2.26 bits per heavy atom. The van der Waals surface area contributed by atoms with E-state index in [0.29, 0.717) is 16.7 Å². The Balaban J connectivity index is 1.66. The largest absolute Gasteiger partial charge is 0.379 e. The lowest BCUT2D eigenvalue weighted by Crippen LogP contribution is -2.50. The third-order valence-corrected chi connectivity index (χ3v) is 5.05. The molecular formula is C13H19N3O2S. The van der Waals surface area contributed by atoms with E-state index < -0.39 is 0 Å². The first kappa shape index (κ1) is 13.0. The van der Waals surface area contributed by atoms with Gasteiger partial charge in [-0.15, -0.1) is 0 Å². The SMILES string of the molecule is CO[C@H]1C[C@@H]2CNC[C@@H]2C[C@@H]1NC(=O)c1ccns1. The lowest BCUT2D eigenvalue weighted by atomic mass is 9.77. The van der Waals surface area contributed by atoms with E-state index >= 15 is 0 Å². The van der Waals surface area contributed by atoms with Gasteiger partial charge in [-0.05, 0) is 55.4 Å². The zero-order valence-corrected chi connectivity index (χ0v) is 11.8. The maximum absolute atomic E-state index is 12.1. The van der Waals surface area contributed by atoms with E-state index in [0.717, 1.165) is 25.9 Å². The number of methoxy groups -OCH3 is 1. The van der Waals surface area contributed by atoms with Crippen LogP contribution in [0.1, 0.15) is 22.5 Å². The van der Waals surface area contributed by atoms with E-state index in [9.17, 15) is 4.79 Å². The third kappa shape index (κ3) is 2.66. The molecule has 0 bridgehead atoms. The monoisotopic (exact) mass is 281 g/mol. The molecule has 1 saturated heterocycles. The molecule has 4 atom stereocenters. The van der Waals surface area contributed by atoms with Crippen molar-refractivity contribution in [3.05, 3.63) is 17.1 Å². The van der Waals surface area contributed by atoms with E-state index in [4.69, 9.17) is 4.74 Å². The predicted octanol–water partition coefficient (Wildman–Crippen LogP) is 0.886. The van der Waals surface area contributed by atoms with Crippen molar-refractivity contribution in [2.45, 2.75) is 25.0 Å². The third-order valence-electron chi connectivity index (χ3n) is 4.30. The van der Waals surface area contributed by atoms with Gasteiger partial charge in [0.15, 0.2) is 0 Å². The van der Waals surface area contributed by atoms with Crippen molar-refractivity contribution in [3.8, 4) is 0 Å². The second kappa shape index (κ2) is 5.56. The number of ether oxygens (including phenoxy) is 1. The number of amides is 1. The molecule has 6 heteroatoms. The molecule has 2 aliphatic rings. The van der Waals surface area contributed by atoms with Crippen LogP contribution in [0, 0.1) is 11.8 Å². The first-order valence-electron chi connectivity index (χ1n) is 6.73. The molecule has 1 aromatic rings. The lowest BCUT2D eigenvalue weighted by molar-refractivity contribution is 0.0126. The second-order valence-electron chi connectivity index (χ2n) is 5.38. The number of nitrogens with one attached hydrogen (secondary N) is 2. The standard InChI is InChI=1S/C13H19N3O2S/c1-18-11-5-9-7-14-6-8(9)4-10(11)16-13(17)12-2-3-15-19-12/h2-3,8-11,14H,4-7H2,1H3,(H,16,17)/t8-,9+,10-,11-/m0/s1. The highest BCUT2D eigenvalue weighted by Crippen LogP contribution is 2.34. The highest BCUT2D eigenvalue weighted by Gasteiger charge is 2.40. The Kier molecular flexibility index (Phi) is 3.81. The number of nitrogens with zero attached hydrogens (tertiary/aromatic N) is 1. The Hall–Kier alpha value is -0.980. The highest BCUT2D eigenvalue weighted by atomic mass is 32.1. The van der Waals surface area contributed by atoms with Crippen LogP contribution in [0.25, 0.3) is 0 Å². The molecule has 1 aromatic heterocycles. The fourth-order valence-electron chi connectivity index (χ4n) is 3.26. The number of carbonyl (C=O) groups is 1. The molecule has 2 fully saturated rings. The summed E-state index contributed by atoms with van der Waals surface area (Å²) in [7, 11) is 1.74. The summed E-state index contributed by atoms with van der Waals surface area (Å²) >= 11 is 1.23. The maximum atomic E-state index is 12.1. The minimum Gasteiger partial charge on any atom is -0.379 e. The van der Waals surface area contributed by atoms with E-state index in [-0.39, 0.29) is 18.1 Å². The van der Waals surface area contributed by atoms with Crippen molar-refractivity contribution in [2.75, 3.05) is 20.2 Å². The molecule has 0 spiro atoms. The van der Waals surface area contributed by atoms with Gasteiger partial charge in [-0.3, -0.25) is 4.79 Å². The number of aromatic nitrogens is 1. The minimum absolute atomic E-state index is 0.0287. The fourth-order valence-corrected chi connectivity index (χ4v) is 3.76. The molecule has 0 aromatic carbocycles. The van der Waals surface area contributed by atoms with Gasteiger partial charge in [-0.2, -0.15) is 0 Å². The Morgan fingerprint density at radius 3 is 2.95 bits per heavy atom. The van der Waals surface area contributed by atoms with Crippen LogP contribution < -0.4 is 10.6 Å². The Bertz CT molecular complexity index is 437. The molecule has 0 unspecified atom stereocenters. The van der Waals surface area contributed by atoms with Crippen molar-refractivity contribution >= 4 is 17.4 Å². The summed E-state index contributed by atoms with van der Waals surface area (Å²) in [6.45, 7) is 2.15. The van der Waals surface area contributed by atoms with Gasteiger partial charge in [-0.1, -0.05) is 0 Å². The van der Waals surface area contributed by atoms with Crippen molar-refractivity contribution in [3.63, 3.8) is 0 Å². The average Bonchev–Trinajstić information content (AvgIpc) is 3.08. The van der Waals surface area contributed by atoms with E-state index in [2.05, 4.69) is 15.0 Å². The van der Waals surface area contributed by atoms with Crippen LogP contribution in [-0.4, -0.2) is 42.6 Å². The van der Waals surface area contributed by atoms with Gasteiger partial charge in [0, 0.05) is 13.3 Å². The molecule has 1 aliphatic heterocycles. The molecule has 104 valence electrons.